The highest BCUT2D eigenvalue weighted by atomic mass is 32.2. The predicted octanol–water partition coefficient (Wildman–Crippen LogP) is 3.00. The first-order valence-electron chi connectivity index (χ1n) is 8.73. The van der Waals surface area contributed by atoms with Crippen molar-refractivity contribution in [2.24, 2.45) is 0 Å². The van der Waals surface area contributed by atoms with Crippen LogP contribution in [0.4, 0.5) is 0 Å². The van der Waals surface area contributed by atoms with E-state index in [0.29, 0.717) is 36.2 Å². The van der Waals surface area contributed by atoms with Gasteiger partial charge in [0.05, 0.1) is 13.2 Å². The molecule has 1 aliphatic heterocycles. The third-order valence-corrected chi connectivity index (χ3v) is 5.46. The summed E-state index contributed by atoms with van der Waals surface area (Å²) >= 11 is 0. The lowest BCUT2D eigenvalue weighted by molar-refractivity contribution is 0.174. The van der Waals surface area contributed by atoms with E-state index in [-0.39, 0.29) is 18.2 Å². The van der Waals surface area contributed by atoms with E-state index in [1.165, 1.54) is 6.07 Å². The SMILES string of the molecule is CCOc1cc(S(=O)(=O)NCc2ccc3c(c2)OCO3)c(OCC)cc1C. The van der Waals surface area contributed by atoms with Crippen LogP contribution in [0.1, 0.15) is 25.0 Å². The summed E-state index contributed by atoms with van der Waals surface area (Å²) in [6.07, 6.45) is 0. The number of hydrogen-bond donors (Lipinski definition) is 1. The summed E-state index contributed by atoms with van der Waals surface area (Å²) in [6.45, 7) is 6.60. The summed E-state index contributed by atoms with van der Waals surface area (Å²) in [6, 6.07) is 8.50. The van der Waals surface area contributed by atoms with E-state index in [9.17, 15) is 8.42 Å². The molecule has 0 fully saturated rings. The minimum Gasteiger partial charge on any atom is -0.494 e. The standard InChI is InChI=1S/C19H23NO6S/c1-4-23-16-10-19(18(24-5-2)8-13(16)3)27(21,22)20-11-14-6-7-15-17(9-14)26-12-25-15/h6-10,20H,4-5,11-12H2,1-3H3. The van der Waals surface area contributed by atoms with Gasteiger partial charge < -0.3 is 18.9 Å². The molecule has 1 N–H and O–H groups in total. The van der Waals surface area contributed by atoms with Gasteiger partial charge in [0.15, 0.2) is 11.5 Å². The van der Waals surface area contributed by atoms with Gasteiger partial charge in [-0.15, -0.1) is 0 Å². The maximum Gasteiger partial charge on any atom is 0.244 e. The van der Waals surface area contributed by atoms with Gasteiger partial charge in [0.2, 0.25) is 16.8 Å². The molecular weight excluding hydrogens is 370 g/mol. The van der Waals surface area contributed by atoms with Gasteiger partial charge in [-0.05, 0) is 50.1 Å². The highest BCUT2D eigenvalue weighted by molar-refractivity contribution is 7.89. The molecule has 0 aliphatic carbocycles. The molecule has 0 saturated carbocycles. The first kappa shape index (κ1) is 19.3. The zero-order chi connectivity index (χ0) is 19.4. The molecule has 2 aromatic carbocycles. The first-order chi connectivity index (χ1) is 12.9. The molecule has 27 heavy (non-hydrogen) atoms. The van der Waals surface area contributed by atoms with Crippen LogP contribution >= 0.6 is 0 Å². The Kier molecular flexibility index (Phi) is 5.76. The summed E-state index contributed by atoms with van der Waals surface area (Å²) in [4.78, 5) is 0.0548. The Labute approximate surface area is 159 Å². The number of benzene rings is 2. The topological polar surface area (TPSA) is 83.1 Å². The van der Waals surface area contributed by atoms with Crippen molar-refractivity contribution >= 4 is 10.0 Å². The lowest BCUT2D eigenvalue weighted by Gasteiger charge is -2.16. The van der Waals surface area contributed by atoms with Crippen LogP contribution in [0.25, 0.3) is 0 Å². The Balaban J connectivity index is 1.85. The van der Waals surface area contributed by atoms with Crippen LogP contribution in [0.3, 0.4) is 0 Å². The minimum absolute atomic E-state index is 0.0548. The molecular formula is C19H23NO6S. The number of fused-ring (bicyclic) bond motifs is 1. The van der Waals surface area contributed by atoms with Crippen molar-refractivity contribution in [3.8, 4) is 23.0 Å². The molecule has 1 aliphatic rings. The van der Waals surface area contributed by atoms with Gasteiger partial charge in [-0.1, -0.05) is 6.07 Å². The second kappa shape index (κ2) is 8.06. The van der Waals surface area contributed by atoms with Gasteiger partial charge in [0.25, 0.3) is 0 Å². The van der Waals surface area contributed by atoms with Crippen LogP contribution in [-0.4, -0.2) is 28.4 Å². The third-order valence-electron chi connectivity index (χ3n) is 4.03. The Hall–Kier alpha value is -2.45. The highest BCUT2D eigenvalue weighted by Gasteiger charge is 2.22. The first-order valence-corrected chi connectivity index (χ1v) is 10.2. The summed E-state index contributed by atoms with van der Waals surface area (Å²) in [5.41, 5.74) is 1.58. The second-order valence-electron chi connectivity index (χ2n) is 5.94. The quantitative estimate of drug-likeness (QED) is 0.742. The molecule has 146 valence electrons. The Morgan fingerprint density at radius 1 is 1.00 bits per heavy atom. The van der Waals surface area contributed by atoms with Gasteiger partial charge in [0, 0.05) is 12.6 Å². The van der Waals surface area contributed by atoms with Crippen LogP contribution in [0.15, 0.2) is 35.2 Å². The smallest absolute Gasteiger partial charge is 0.244 e. The number of sulfonamides is 1. The minimum atomic E-state index is -3.81. The summed E-state index contributed by atoms with van der Waals surface area (Å²) in [7, 11) is -3.81. The third kappa shape index (κ3) is 4.28. The zero-order valence-corrected chi connectivity index (χ0v) is 16.4. The largest absolute Gasteiger partial charge is 0.494 e. The normalized spacial score (nSPS) is 12.9. The van der Waals surface area contributed by atoms with Crippen LogP contribution < -0.4 is 23.7 Å². The summed E-state index contributed by atoms with van der Waals surface area (Å²) in [5.74, 6) is 2.08. The molecule has 8 heteroatoms. The lowest BCUT2D eigenvalue weighted by Crippen LogP contribution is -2.24. The van der Waals surface area contributed by atoms with Gasteiger partial charge >= 0.3 is 0 Å². The molecule has 0 unspecified atom stereocenters. The second-order valence-corrected chi connectivity index (χ2v) is 7.68. The Morgan fingerprint density at radius 3 is 2.44 bits per heavy atom. The van der Waals surface area contributed by atoms with Gasteiger partial charge in [-0.2, -0.15) is 0 Å². The molecule has 0 amide bonds. The molecule has 0 saturated heterocycles. The summed E-state index contributed by atoms with van der Waals surface area (Å²) in [5, 5.41) is 0. The number of hydrogen-bond acceptors (Lipinski definition) is 6. The average molecular weight is 393 g/mol. The predicted molar refractivity (Wildman–Crippen MR) is 100 cm³/mol. The van der Waals surface area contributed by atoms with E-state index in [4.69, 9.17) is 18.9 Å². The molecule has 0 atom stereocenters. The van der Waals surface area contributed by atoms with Gasteiger partial charge in [-0.3, -0.25) is 0 Å². The van der Waals surface area contributed by atoms with Crippen molar-refractivity contribution < 1.29 is 27.4 Å². The lowest BCUT2D eigenvalue weighted by atomic mass is 10.2. The van der Waals surface area contributed by atoms with Crippen molar-refractivity contribution in [3.05, 3.63) is 41.5 Å². The zero-order valence-electron chi connectivity index (χ0n) is 15.6. The van der Waals surface area contributed by atoms with E-state index in [0.717, 1.165) is 11.1 Å². The number of ether oxygens (including phenoxy) is 4. The van der Waals surface area contributed by atoms with E-state index in [1.54, 1.807) is 24.3 Å². The fraction of sp³-hybridized carbons (Fsp3) is 0.368. The van der Waals surface area contributed by atoms with Crippen LogP contribution in [0.2, 0.25) is 0 Å². The van der Waals surface area contributed by atoms with Crippen LogP contribution in [-0.2, 0) is 16.6 Å². The van der Waals surface area contributed by atoms with E-state index in [2.05, 4.69) is 4.72 Å². The average Bonchev–Trinajstić information content (AvgIpc) is 3.10. The molecule has 0 aromatic heterocycles. The fourth-order valence-electron chi connectivity index (χ4n) is 2.74. The highest BCUT2D eigenvalue weighted by Crippen LogP contribution is 2.34. The van der Waals surface area contributed by atoms with Crippen LogP contribution in [0, 0.1) is 6.92 Å². The number of aryl methyl sites for hydroxylation is 1. The molecule has 0 spiro atoms. The summed E-state index contributed by atoms with van der Waals surface area (Å²) < 4.78 is 50.1. The number of rotatable bonds is 8. The van der Waals surface area contributed by atoms with E-state index >= 15 is 0 Å². The maximum absolute atomic E-state index is 12.9. The van der Waals surface area contributed by atoms with Gasteiger partial charge in [-0.25, -0.2) is 13.1 Å². The van der Waals surface area contributed by atoms with E-state index < -0.39 is 10.0 Å². The monoisotopic (exact) mass is 393 g/mol. The molecule has 1 heterocycles. The molecule has 7 nitrogen and oxygen atoms in total. The Morgan fingerprint density at radius 2 is 1.70 bits per heavy atom. The molecule has 3 rings (SSSR count). The number of nitrogens with one attached hydrogen (secondary N) is 1. The molecule has 0 radical (unpaired) electrons. The van der Waals surface area contributed by atoms with Crippen molar-refractivity contribution in [1.29, 1.82) is 0 Å². The maximum atomic E-state index is 12.9. The fourth-order valence-corrected chi connectivity index (χ4v) is 3.90. The van der Waals surface area contributed by atoms with Crippen molar-refractivity contribution in [2.75, 3.05) is 20.0 Å². The van der Waals surface area contributed by atoms with Gasteiger partial charge in [0.1, 0.15) is 16.4 Å². The van der Waals surface area contributed by atoms with E-state index in [1.807, 2.05) is 20.8 Å². The van der Waals surface area contributed by atoms with Crippen LogP contribution in [0.5, 0.6) is 23.0 Å². The molecule has 0 bridgehead atoms. The van der Waals surface area contributed by atoms with Crippen molar-refractivity contribution in [3.63, 3.8) is 0 Å². The van der Waals surface area contributed by atoms with Crippen molar-refractivity contribution in [1.82, 2.24) is 4.72 Å². The van der Waals surface area contributed by atoms with Crippen molar-refractivity contribution in [2.45, 2.75) is 32.2 Å². The molecule has 2 aromatic rings. The Bertz CT molecular complexity index is 926.